The summed E-state index contributed by atoms with van der Waals surface area (Å²) in [6, 6.07) is 8.00. The van der Waals surface area contributed by atoms with Crippen molar-refractivity contribution in [3.8, 4) is 0 Å². The summed E-state index contributed by atoms with van der Waals surface area (Å²) in [6.45, 7) is 6.92. The van der Waals surface area contributed by atoms with Gasteiger partial charge in [-0.05, 0) is 39.0 Å². The topological polar surface area (TPSA) is 50.7 Å². The van der Waals surface area contributed by atoms with E-state index in [1.807, 2.05) is 38.1 Å². The van der Waals surface area contributed by atoms with Crippen LogP contribution >= 0.6 is 11.8 Å². The van der Waals surface area contributed by atoms with Crippen molar-refractivity contribution in [2.75, 3.05) is 11.9 Å². The van der Waals surface area contributed by atoms with Crippen LogP contribution in [-0.2, 0) is 5.75 Å². The summed E-state index contributed by atoms with van der Waals surface area (Å²) in [7, 11) is 0. The monoisotopic (exact) mass is 274 g/mol. The maximum atomic E-state index is 4.53. The first kappa shape index (κ1) is 13.8. The van der Waals surface area contributed by atoms with Crippen LogP contribution in [0, 0.1) is 13.8 Å². The molecule has 0 fully saturated rings. The molecule has 0 bridgehead atoms. The Bertz CT molecular complexity index is 537. The van der Waals surface area contributed by atoms with Crippen LogP contribution in [0.2, 0.25) is 0 Å². The minimum atomic E-state index is 0.780. The molecule has 0 amide bonds. The van der Waals surface area contributed by atoms with Crippen molar-refractivity contribution in [3.05, 3.63) is 41.3 Å². The zero-order chi connectivity index (χ0) is 13.7. The van der Waals surface area contributed by atoms with E-state index in [0.717, 1.165) is 40.4 Å². The lowest BCUT2D eigenvalue weighted by atomic mass is 10.4. The van der Waals surface area contributed by atoms with E-state index in [1.54, 1.807) is 11.8 Å². The van der Waals surface area contributed by atoms with Crippen LogP contribution in [-0.4, -0.2) is 21.5 Å². The lowest BCUT2D eigenvalue weighted by Crippen LogP contribution is -2.00. The summed E-state index contributed by atoms with van der Waals surface area (Å²) in [5.74, 6) is 1.70. The molecule has 0 saturated heterocycles. The number of thioether (sulfide) groups is 1. The number of aromatic nitrogens is 3. The van der Waals surface area contributed by atoms with Gasteiger partial charge in [-0.25, -0.2) is 15.0 Å². The molecule has 0 aliphatic carbocycles. The molecule has 0 aromatic carbocycles. The molecule has 0 atom stereocenters. The maximum Gasteiger partial charge on any atom is 0.188 e. The zero-order valence-electron chi connectivity index (χ0n) is 11.5. The molecule has 2 aromatic heterocycles. The van der Waals surface area contributed by atoms with E-state index in [2.05, 4.69) is 27.2 Å². The number of hydrogen-bond acceptors (Lipinski definition) is 5. The molecule has 0 spiro atoms. The second-order valence-corrected chi connectivity index (χ2v) is 5.21. The number of nitrogens with zero attached hydrogens (tertiary/aromatic N) is 3. The molecule has 5 heteroatoms. The average Bonchev–Trinajstić information content (AvgIpc) is 2.36. The van der Waals surface area contributed by atoms with E-state index in [9.17, 15) is 0 Å². The minimum absolute atomic E-state index is 0.780. The Morgan fingerprint density at radius 1 is 1.11 bits per heavy atom. The van der Waals surface area contributed by atoms with E-state index in [0.29, 0.717) is 0 Å². The first-order chi connectivity index (χ1) is 9.17. The number of hydrogen-bond donors (Lipinski definition) is 1. The molecule has 1 N–H and O–H groups in total. The number of nitrogens with one attached hydrogen (secondary N) is 1. The predicted octanol–water partition coefficient (Wildman–Crippen LogP) is 3.21. The van der Waals surface area contributed by atoms with Gasteiger partial charge in [0.2, 0.25) is 0 Å². The Kier molecular flexibility index (Phi) is 4.74. The maximum absolute atomic E-state index is 4.53. The van der Waals surface area contributed by atoms with Gasteiger partial charge < -0.3 is 5.32 Å². The van der Waals surface area contributed by atoms with Gasteiger partial charge >= 0.3 is 0 Å². The summed E-state index contributed by atoms with van der Waals surface area (Å²) in [6.07, 6.45) is 0. The molecule has 4 nitrogen and oxygen atoms in total. The van der Waals surface area contributed by atoms with E-state index in [1.165, 1.54) is 0 Å². The summed E-state index contributed by atoms with van der Waals surface area (Å²) >= 11 is 1.62. The van der Waals surface area contributed by atoms with Gasteiger partial charge in [0.05, 0.1) is 5.69 Å². The quantitative estimate of drug-likeness (QED) is 0.670. The first-order valence-electron chi connectivity index (χ1n) is 6.32. The standard InChI is InChI=1S/C14H18N4S/c1-4-15-13-7-5-6-12(18-13)9-19-14-16-10(2)8-11(3)17-14/h5-8H,4,9H2,1-3H3,(H,15,18). The minimum Gasteiger partial charge on any atom is -0.370 e. The van der Waals surface area contributed by atoms with Gasteiger partial charge in [-0.2, -0.15) is 0 Å². The SMILES string of the molecule is CCNc1cccc(CSc2nc(C)cc(C)n2)n1. The van der Waals surface area contributed by atoms with E-state index in [-0.39, 0.29) is 0 Å². The fourth-order valence-corrected chi connectivity index (χ4v) is 2.59. The van der Waals surface area contributed by atoms with Crippen LogP contribution in [0.4, 0.5) is 5.82 Å². The lowest BCUT2D eigenvalue weighted by Gasteiger charge is -2.05. The van der Waals surface area contributed by atoms with E-state index < -0.39 is 0 Å². The van der Waals surface area contributed by atoms with Crippen molar-refractivity contribution in [1.29, 1.82) is 0 Å². The largest absolute Gasteiger partial charge is 0.370 e. The smallest absolute Gasteiger partial charge is 0.188 e. The fraction of sp³-hybridized carbons (Fsp3) is 0.357. The van der Waals surface area contributed by atoms with Crippen LogP contribution in [0.5, 0.6) is 0 Å². The van der Waals surface area contributed by atoms with Crippen LogP contribution in [0.1, 0.15) is 24.0 Å². The number of anilines is 1. The molecule has 2 rings (SSSR count). The third kappa shape index (κ3) is 4.21. The third-order valence-corrected chi connectivity index (χ3v) is 3.36. The molecular weight excluding hydrogens is 256 g/mol. The highest BCUT2D eigenvalue weighted by molar-refractivity contribution is 7.98. The summed E-state index contributed by atoms with van der Waals surface area (Å²) in [4.78, 5) is 13.4. The molecule has 100 valence electrons. The van der Waals surface area contributed by atoms with Crippen LogP contribution < -0.4 is 5.32 Å². The Morgan fingerprint density at radius 2 is 1.84 bits per heavy atom. The highest BCUT2D eigenvalue weighted by Gasteiger charge is 2.03. The van der Waals surface area contributed by atoms with Crippen molar-refractivity contribution in [2.24, 2.45) is 0 Å². The van der Waals surface area contributed by atoms with E-state index >= 15 is 0 Å². The van der Waals surface area contributed by atoms with Gasteiger partial charge in [-0.3, -0.25) is 0 Å². The third-order valence-electron chi connectivity index (χ3n) is 2.48. The van der Waals surface area contributed by atoms with Gasteiger partial charge in [0.15, 0.2) is 5.16 Å². The second-order valence-electron chi connectivity index (χ2n) is 4.27. The molecule has 19 heavy (non-hydrogen) atoms. The number of pyridine rings is 1. The lowest BCUT2D eigenvalue weighted by molar-refractivity contribution is 0.901. The molecular formula is C14H18N4S. The first-order valence-corrected chi connectivity index (χ1v) is 7.31. The fourth-order valence-electron chi connectivity index (χ4n) is 1.74. The average molecular weight is 274 g/mol. The molecule has 0 saturated carbocycles. The van der Waals surface area contributed by atoms with Crippen LogP contribution in [0.3, 0.4) is 0 Å². The van der Waals surface area contributed by atoms with Gasteiger partial charge in [-0.1, -0.05) is 17.8 Å². The Balaban J connectivity index is 2.03. The van der Waals surface area contributed by atoms with Gasteiger partial charge in [-0.15, -0.1) is 0 Å². The molecule has 0 aliphatic heterocycles. The van der Waals surface area contributed by atoms with Crippen molar-refractivity contribution in [3.63, 3.8) is 0 Å². The molecule has 0 radical (unpaired) electrons. The summed E-state index contributed by atoms with van der Waals surface area (Å²) in [5, 5.41) is 4.03. The van der Waals surface area contributed by atoms with Crippen molar-refractivity contribution < 1.29 is 0 Å². The van der Waals surface area contributed by atoms with Crippen LogP contribution in [0.15, 0.2) is 29.4 Å². The van der Waals surface area contributed by atoms with Gasteiger partial charge in [0, 0.05) is 23.7 Å². The van der Waals surface area contributed by atoms with Crippen molar-refractivity contribution in [2.45, 2.75) is 31.7 Å². The Labute approximate surface area is 118 Å². The van der Waals surface area contributed by atoms with E-state index in [4.69, 9.17) is 0 Å². The van der Waals surface area contributed by atoms with Crippen molar-refractivity contribution in [1.82, 2.24) is 15.0 Å². The molecule has 0 unspecified atom stereocenters. The number of aryl methyl sites for hydroxylation is 2. The highest BCUT2D eigenvalue weighted by Crippen LogP contribution is 2.19. The zero-order valence-corrected chi connectivity index (χ0v) is 12.3. The Morgan fingerprint density at radius 3 is 2.53 bits per heavy atom. The van der Waals surface area contributed by atoms with Crippen LogP contribution in [0.25, 0.3) is 0 Å². The molecule has 2 aromatic rings. The van der Waals surface area contributed by atoms with Gasteiger partial charge in [0.1, 0.15) is 5.82 Å². The highest BCUT2D eigenvalue weighted by atomic mass is 32.2. The summed E-state index contributed by atoms with van der Waals surface area (Å²) in [5.41, 5.74) is 3.04. The second kappa shape index (κ2) is 6.52. The molecule has 2 heterocycles. The summed E-state index contributed by atoms with van der Waals surface area (Å²) < 4.78 is 0. The Hall–Kier alpha value is -1.62. The van der Waals surface area contributed by atoms with Crippen molar-refractivity contribution >= 4 is 17.6 Å². The molecule has 0 aliphatic rings. The number of rotatable bonds is 5. The van der Waals surface area contributed by atoms with Gasteiger partial charge in [0.25, 0.3) is 0 Å². The predicted molar refractivity (Wildman–Crippen MR) is 79.5 cm³/mol. The normalized spacial score (nSPS) is 10.5.